The van der Waals surface area contributed by atoms with Gasteiger partial charge in [-0.2, -0.15) is 0 Å². The van der Waals surface area contributed by atoms with Crippen molar-refractivity contribution in [2.45, 2.75) is 12.7 Å². The first-order chi connectivity index (χ1) is 9.65. The second-order valence-electron chi connectivity index (χ2n) is 4.08. The number of hydrogen-bond acceptors (Lipinski definition) is 4. The number of hydrogen-bond donors (Lipinski definition) is 0. The van der Waals surface area contributed by atoms with Gasteiger partial charge in [0.2, 0.25) is 6.29 Å². The third-order valence-corrected chi connectivity index (χ3v) is 3.15. The molecule has 0 atom stereocenters. The van der Waals surface area contributed by atoms with E-state index in [1.165, 1.54) is 20.3 Å². The van der Waals surface area contributed by atoms with E-state index in [9.17, 15) is 4.39 Å². The Kier molecular flexibility index (Phi) is 5.00. The van der Waals surface area contributed by atoms with Crippen LogP contribution in [0.4, 0.5) is 4.39 Å². The van der Waals surface area contributed by atoms with Crippen molar-refractivity contribution in [3.8, 4) is 0 Å². The average molecular weight is 297 g/mol. The maximum Gasteiger partial charge on any atom is 0.200 e. The van der Waals surface area contributed by atoms with Crippen LogP contribution in [0.15, 0.2) is 30.5 Å². The Morgan fingerprint density at radius 3 is 2.65 bits per heavy atom. The topological polar surface area (TPSA) is 44.2 Å². The normalized spacial score (nSPS) is 11.1. The van der Waals surface area contributed by atoms with Gasteiger partial charge in [0.25, 0.3) is 0 Å². The molecule has 106 valence electrons. The molecule has 1 heterocycles. The molecule has 0 unspecified atom stereocenters. The molecule has 1 aromatic heterocycles. The highest BCUT2D eigenvalue weighted by Crippen LogP contribution is 2.22. The molecule has 0 amide bonds. The van der Waals surface area contributed by atoms with Crippen molar-refractivity contribution in [3.05, 3.63) is 58.4 Å². The van der Waals surface area contributed by atoms with Gasteiger partial charge in [0, 0.05) is 37.4 Å². The second-order valence-corrected chi connectivity index (χ2v) is 4.49. The standard InChI is InChI=1S/C14H14ClFN2O2/c1-19-14(20-2)12-6-7-17-13(18-12)8-9-10(15)4-3-5-11(9)16/h3-7,14H,8H2,1-2H3. The molecule has 2 rings (SSSR count). The largest absolute Gasteiger partial charge is 0.350 e. The summed E-state index contributed by atoms with van der Waals surface area (Å²) in [6, 6.07) is 6.24. The van der Waals surface area contributed by atoms with Crippen molar-refractivity contribution < 1.29 is 13.9 Å². The molecule has 0 saturated heterocycles. The zero-order valence-corrected chi connectivity index (χ0v) is 11.9. The first-order valence-electron chi connectivity index (χ1n) is 5.96. The number of halogens is 2. The lowest BCUT2D eigenvalue weighted by Gasteiger charge is -2.13. The first-order valence-corrected chi connectivity index (χ1v) is 6.33. The highest BCUT2D eigenvalue weighted by atomic mass is 35.5. The molecule has 6 heteroatoms. The maximum absolute atomic E-state index is 13.7. The van der Waals surface area contributed by atoms with Gasteiger partial charge in [0.1, 0.15) is 11.6 Å². The predicted octanol–water partition coefficient (Wildman–Crippen LogP) is 3.15. The lowest BCUT2D eigenvalue weighted by Crippen LogP contribution is -2.09. The van der Waals surface area contributed by atoms with E-state index in [0.717, 1.165) is 0 Å². The molecule has 2 aromatic rings. The summed E-state index contributed by atoms with van der Waals surface area (Å²) in [5.74, 6) is 0.0788. The Morgan fingerprint density at radius 1 is 1.25 bits per heavy atom. The molecule has 0 fully saturated rings. The SMILES string of the molecule is COC(OC)c1ccnc(Cc2c(F)cccc2Cl)n1. The fraction of sp³-hybridized carbons (Fsp3) is 0.286. The molecule has 0 aliphatic rings. The second kappa shape index (κ2) is 6.74. The minimum atomic E-state index is -0.576. The predicted molar refractivity (Wildman–Crippen MR) is 73.0 cm³/mol. The van der Waals surface area contributed by atoms with Gasteiger partial charge in [-0.1, -0.05) is 17.7 Å². The smallest absolute Gasteiger partial charge is 0.200 e. The van der Waals surface area contributed by atoms with Gasteiger partial charge in [0.15, 0.2) is 0 Å². The molecule has 0 bridgehead atoms. The fourth-order valence-corrected chi connectivity index (χ4v) is 2.06. The summed E-state index contributed by atoms with van der Waals surface area (Å²) in [6.07, 6.45) is 1.21. The Hall–Kier alpha value is -1.56. The van der Waals surface area contributed by atoms with Crippen molar-refractivity contribution >= 4 is 11.6 Å². The number of rotatable bonds is 5. The Bertz CT molecular complexity index is 571. The Morgan fingerprint density at radius 2 is 2.00 bits per heavy atom. The van der Waals surface area contributed by atoms with Crippen LogP contribution < -0.4 is 0 Å². The molecule has 0 aliphatic carbocycles. The van der Waals surface area contributed by atoms with E-state index in [0.29, 0.717) is 22.1 Å². The van der Waals surface area contributed by atoms with Crippen LogP contribution in [0.2, 0.25) is 5.02 Å². The van der Waals surface area contributed by atoms with Crippen molar-refractivity contribution in [1.82, 2.24) is 9.97 Å². The molecular weight excluding hydrogens is 283 g/mol. The summed E-state index contributed by atoms with van der Waals surface area (Å²) in [6.45, 7) is 0. The van der Waals surface area contributed by atoms with Crippen LogP contribution in [0, 0.1) is 5.82 Å². The van der Waals surface area contributed by atoms with Crippen LogP contribution in [-0.2, 0) is 15.9 Å². The minimum Gasteiger partial charge on any atom is -0.350 e. The molecule has 0 saturated carbocycles. The third kappa shape index (κ3) is 3.30. The summed E-state index contributed by atoms with van der Waals surface area (Å²) >= 11 is 5.99. The molecule has 20 heavy (non-hydrogen) atoms. The number of benzene rings is 1. The minimum absolute atomic E-state index is 0.208. The van der Waals surface area contributed by atoms with E-state index in [2.05, 4.69) is 9.97 Å². The van der Waals surface area contributed by atoms with Crippen LogP contribution in [0.5, 0.6) is 0 Å². The Balaban J connectivity index is 2.28. The van der Waals surface area contributed by atoms with Gasteiger partial charge in [0.05, 0.1) is 5.69 Å². The van der Waals surface area contributed by atoms with Crippen LogP contribution in [0.3, 0.4) is 0 Å². The van der Waals surface area contributed by atoms with E-state index in [-0.39, 0.29) is 12.2 Å². The zero-order chi connectivity index (χ0) is 14.5. The lowest BCUT2D eigenvalue weighted by molar-refractivity contribution is -0.108. The van der Waals surface area contributed by atoms with Gasteiger partial charge >= 0.3 is 0 Å². The quantitative estimate of drug-likeness (QED) is 0.795. The van der Waals surface area contributed by atoms with Crippen molar-refractivity contribution in [3.63, 3.8) is 0 Å². The van der Waals surface area contributed by atoms with Crippen LogP contribution in [-0.4, -0.2) is 24.2 Å². The van der Waals surface area contributed by atoms with Gasteiger partial charge in [-0.15, -0.1) is 0 Å². The lowest BCUT2D eigenvalue weighted by atomic mass is 10.1. The average Bonchev–Trinajstić information content (AvgIpc) is 2.45. The molecular formula is C14H14ClFN2O2. The first kappa shape index (κ1) is 14.8. The maximum atomic E-state index is 13.7. The zero-order valence-electron chi connectivity index (χ0n) is 11.1. The summed E-state index contributed by atoms with van der Waals surface area (Å²) in [7, 11) is 3.04. The van der Waals surface area contributed by atoms with Crippen LogP contribution >= 0.6 is 11.6 Å². The number of aromatic nitrogens is 2. The van der Waals surface area contributed by atoms with Crippen LogP contribution in [0.1, 0.15) is 23.4 Å². The molecule has 0 aliphatic heterocycles. The van der Waals surface area contributed by atoms with E-state index in [4.69, 9.17) is 21.1 Å². The van der Waals surface area contributed by atoms with E-state index in [1.54, 1.807) is 24.4 Å². The summed E-state index contributed by atoms with van der Waals surface area (Å²) in [4.78, 5) is 8.43. The fourth-order valence-electron chi connectivity index (χ4n) is 1.83. The third-order valence-electron chi connectivity index (χ3n) is 2.79. The molecule has 0 spiro atoms. The molecule has 1 aromatic carbocycles. The Labute approximate surface area is 121 Å². The number of nitrogens with zero attached hydrogens (tertiary/aromatic N) is 2. The molecule has 0 N–H and O–H groups in total. The van der Waals surface area contributed by atoms with Crippen molar-refractivity contribution in [2.24, 2.45) is 0 Å². The number of ether oxygens (including phenoxy) is 2. The highest BCUT2D eigenvalue weighted by molar-refractivity contribution is 6.31. The summed E-state index contributed by atoms with van der Waals surface area (Å²) in [5.41, 5.74) is 0.949. The van der Waals surface area contributed by atoms with Crippen molar-refractivity contribution in [1.29, 1.82) is 0 Å². The van der Waals surface area contributed by atoms with Gasteiger partial charge < -0.3 is 9.47 Å². The van der Waals surface area contributed by atoms with E-state index >= 15 is 0 Å². The highest BCUT2D eigenvalue weighted by Gasteiger charge is 2.14. The summed E-state index contributed by atoms with van der Waals surface area (Å²) in [5, 5.41) is 0.356. The van der Waals surface area contributed by atoms with Gasteiger partial charge in [-0.3, -0.25) is 0 Å². The van der Waals surface area contributed by atoms with Gasteiger partial charge in [-0.25, -0.2) is 14.4 Å². The van der Waals surface area contributed by atoms with Gasteiger partial charge in [-0.05, 0) is 18.2 Å². The summed E-state index contributed by atoms with van der Waals surface area (Å²) < 4.78 is 24.0. The van der Waals surface area contributed by atoms with Crippen LogP contribution in [0.25, 0.3) is 0 Å². The number of methoxy groups -OCH3 is 2. The van der Waals surface area contributed by atoms with E-state index < -0.39 is 6.29 Å². The van der Waals surface area contributed by atoms with E-state index in [1.807, 2.05) is 0 Å². The molecule has 4 nitrogen and oxygen atoms in total. The van der Waals surface area contributed by atoms with Crippen molar-refractivity contribution in [2.75, 3.05) is 14.2 Å². The monoisotopic (exact) mass is 296 g/mol. The molecule has 0 radical (unpaired) electrons.